The van der Waals surface area contributed by atoms with E-state index >= 15 is 0 Å². The number of aryl methyl sites for hydroxylation is 1. The van der Waals surface area contributed by atoms with Crippen molar-refractivity contribution in [3.63, 3.8) is 0 Å². The van der Waals surface area contributed by atoms with E-state index in [1.54, 1.807) is 6.07 Å². The smallest absolute Gasteiger partial charge is 0.238 e. The molecule has 1 aromatic rings. The highest BCUT2D eigenvalue weighted by molar-refractivity contribution is 8.13. The molecule has 4 nitrogen and oxygen atoms in total. The minimum atomic E-state index is -3.52. The van der Waals surface area contributed by atoms with E-state index in [0.717, 1.165) is 0 Å². The summed E-state index contributed by atoms with van der Waals surface area (Å²) in [6.07, 6.45) is 2.21. The molecule has 1 heterocycles. The topological polar surface area (TPSA) is 59.9 Å². The van der Waals surface area contributed by atoms with Gasteiger partial charge < -0.3 is 0 Å². The Morgan fingerprint density at radius 2 is 2.23 bits per heavy atom. The minimum absolute atomic E-state index is 0.246. The molecule has 0 aliphatic heterocycles. The molecule has 0 atom stereocenters. The molecule has 0 spiro atoms. The first-order chi connectivity index (χ1) is 6.01. The SMILES string of the molecule is CCc1nccc(CS(=O)(=O)Cl)n1. The van der Waals surface area contributed by atoms with Gasteiger partial charge in [0.1, 0.15) is 11.6 Å². The summed E-state index contributed by atoms with van der Waals surface area (Å²) < 4.78 is 21.4. The monoisotopic (exact) mass is 220 g/mol. The predicted octanol–water partition coefficient (Wildman–Crippen LogP) is 1.11. The molecule has 0 aromatic carbocycles. The van der Waals surface area contributed by atoms with Gasteiger partial charge in [0.25, 0.3) is 0 Å². The average Bonchev–Trinajstić information content (AvgIpc) is 2.01. The van der Waals surface area contributed by atoms with Crippen molar-refractivity contribution in [1.29, 1.82) is 0 Å². The summed E-state index contributed by atoms with van der Waals surface area (Å²) in [5, 5.41) is 0. The van der Waals surface area contributed by atoms with Crippen LogP contribution < -0.4 is 0 Å². The fourth-order valence-corrected chi connectivity index (χ4v) is 1.72. The molecule has 0 unspecified atom stereocenters. The van der Waals surface area contributed by atoms with Crippen LogP contribution in [0.1, 0.15) is 18.4 Å². The van der Waals surface area contributed by atoms with Crippen molar-refractivity contribution in [2.75, 3.05) is 0 Å². The van der Waals surface area contributed by atoms with E-state index < -0.39 is 9.05 Å². The largest absolute Gasteiger partial charge is 0.241 e. The van der Waals surface area contributed by atoms with E-state index in [2.05, 4.69) is 9.97 Å². The second-order valence-electron chi connectivity index (χ2n) is 2.50. The Bertz CT molecular complexity index is 391. The van der Waals surface area contributed by atoms with E-state index in [9.17, 15) is 8.42 Å². The zero-order valence-corrected chi connectivity index (χ0v) is 8.64. The van der Waals surface area contributed by atoms with Crippen LogP contribution in [0, 0.1) is 0 Å². The van der Waals surface area contributed by atoms with Gasteiger partial charge in [-0.3, -0.25) is 0 Å². The second-order valence-corrected chi connectivity index (χ2v) is 5.28. The van der Waals surface area contributed by atoms with Crippen molar-refractivity contribution in [3.8, 4) is 0 Å². The molecule has 1 rings (SSSR count). The molecule has 0 aliphatic rings. The quantitative estimate of drug-likeness (QED) is 0.716. The van der Waals surface area contributed by atoms with Gasteiger partial charge in [0.15, 0.2) is 0 Å². The van der Waals surface area contributed by atoms with E-state index in [1.807, 2.05) is 6.92 Å². The number of aromatic nitrogens is 2. The first-order valence-electron chi connectivity index (χ1n) is 3.74. The summed E-state index contributed by atoms with van der Waals surface area (Å²) >= 11 is 0. The minimum Gasteiger partial charge on any atom is -0.241 e. The normalized spacial score (nSPS) is 11.5. The number of halogens is 1. The van der Waals surface area contributed by atoms with Crippen molar-refractivity contribution >= 4 is 19.7 Å². The van der Waals surface area contributed by atoms with E-state index in [-0.39, 0.29) is 5.75 Å². The van der Waals surface area contributed by atoms with Gasteiger partial charge in [-0.2, -0.15) is 0 Å². The number of hydrogen-bond donors (Lipinski definition) is 0. The van der Waals surface area contributed by atoms with Crippen LogP contribution in [0.15, 0.2) is 12.3 Å². The fourth-order valence-electron chi connectivity index (χ4n) is 0.869. The van der Waals surface area contributed by atoms with Crippen LogP contribution in [0.5, 0.6) is 0 Å². The van der Waals surface area contributed by atoms with E-state index in [1.165, 1.54) is 6.20 Å². The molecule has 13 heavy (non-hydrogen) atoms. The summed E-state index contributed by atoms with van der Waals surface area (Å²) in [6.45, 7) is 1.90. The van der Waals surface area contributed by atoms with Crippen molar-refractivity contribution in [3.05, 3.63) is 23.8 Å². The fraction of sp³-hybridized carbons (Fsp3) is 0.429. The molecule has 72 valence electrons. The van der Waals surface area contributed by atoms with Gasteiger partial charge in [0, 0.05) is 23.3 Å². The first kappa shape index (κ1) is 10.4. The lowest BCUT2D eigenvalue weighted by atomic mass is 10.4. The maximum atomic E-state index is 10.7. The van der Waals surface area contributed by atoms with Gasteiger partial charge >= 0.3 is 0 Å². The Balaban J connectivity index is 2.90. The molecule has 0 N–H and O–H groups in total. The van der Waals surface area contributed by atoms with Crippen LogP contribution in [-0.2, 0) is 21.2 Å². The molecule has 0 fully saturated rings. The van der Waals surface area contributed by atoms with Crippen LogP contribution in [-0.4, -0.2) is 18.4 Å². The molecule has 0 amide bonds. The summed E-state index contributed by atoms with van der Waals surface area (Å²) in [5.74, 6) is 0.377. The first-order valence-corrected chi connectivity index (χ1v) is 6.22. The van der Waals surface area contributed by atoms with Crippen LogP contribution in [0.3, 0.4) is 0 Å². The molecule has 6 heteroatoms. The number of nitrogens with zero attached hydrogens (tertiary/aromatic N) is 2. The summed E-state index contributed by atoms with van der Waals surface area (Å²) in [5.41, 5.74) is 0.432. The molecule has 1 aromatic heterocycles. The predicted molar refractivity (Wildman–Crippen MR) is 49.9 cm³/mol. The van der Waals surface area contributed by atoms with Gasteiger partial charge in [-0.15, -0.1) is 0 Å². The average molecular weight is 221 g/mol. The third-order valence-electron chi connectivity index (χ3n) is 1.40. The summed E-state index contributed by atoms with van der Waals surface area (Å²) in [4.78, 5) is 7.94. The third kappa shape index (κ3) is 3.69. The highest BCUT2D eigenvalue weighted by Crippen LogP contribution is 2.06. The highest BCUT2D eigenvalue weighted by atomic mass is 35.7. The molecule has 0 saturated heterocycles. The lowest BCUT2D eigenvalue weighted by Gasteiger charge is -1.98. The van der Waals surface area contributed by atoms with Crippen molar-refractivity contribution in [1.82, 2.24) is 9.97 Å². The van der Waals surface area contributed by atoms with Crippen LogP contribution in [0.4, 0.5) is 0 Å². The highest BCUT2D eigenvalue weighted by Gasteiger charge is 2.08. The lowest BCUT2D eigenvalue weighted by molar-refractivity contribution is 0.608. The molecular weight excluding hydrogens is 212 g/mol. The van der Waals surface area contributed by atoms with Gasteiger partial charge in [-0.05, 0) is 6.07 Å². The Hall–Kier alpha value is -0.680. The molecule has 0 aliphatic carbocycles. The summed E-state index contributed by atoms with van der Waals surface area (Å²) in [7, 11) is 1.55. The number of rotatable bonds is 3. The maximum absolute atomic E-state index is 10.7. The molecule has 0 bridgehead atoms. The van der Waals surface area contributed by atoms with Gasteiger partial charge in [0.05, 0.1) is 5.69 Å². The van der Waals surface area contributed by atoms with E-state index in [4.69, 9.17) is 10.7 Å². The van der Waals surface area contributed by atoms with Crippen LogP contribution in [0.2, 0.25) is 0 Å². The summed E-state index contributed by atoms with van der Waals surface area (Å²) in [6, 6.07) is 1.54. The Morgan fingerprint density at radius 3 is 2.77 bits per heavy atom. The zero-order valence-electron chi connectivity index (χ0n) is 7.07. The molecular formula is C7H9ClN2O2S. The Morgan fingerprint density at radius 1 is 1.54 bits per heavy atom. The van der Waals surface area contributed by atoms with Gasteiger partial charge in [-0.25, -0.2) is 18.4 Å². The van der Waals surface area contributed by atoms with Crippen molar-refractivity contribution in [2.45, 2.75) is 19.1 Å². The van der Waals surface area contributed by atoms with Crippen molar-refractivity contribution < 1.29 is 8.42 Å². The standard InChI is InChI=1S/C7H9ClN2O2S/c1-2-7-9-4-3-6(10-7)5-13(8,11)12/h3-4H,2,5H2,1H3. The van der Waals surface area contributed by atoms with Crippen LogP contribution in [0.25, 0.3) is 0 Å². The van der Waals surface area contributed by atoms with Crippen molar-refractivity contribution in [2.24, 2.45) is 0 Å². The second kappa shape index (κ2) is 4.02. The van der Waals surface area contributed by atoms with Gasteiger partial charge in [0.2, 0.25) is 9.05 Å². The van der Waals surface area contributed by atoms with Crippen LogP contribution >= 0.6 is 10.7 Å². The van der Waals surface area contributed by atoms with E-state index in [0.29, 0.717) is 17.9 Å². The lowest BCUT2D eigenvalue weighted by Crippen LogP contribution is -2.01. The third-order valence-corrected chi connectivity index (χ3v) is 2.37. The Labute approximate surface area is 81.4 Å². The zero-order chi connectivity index (χ0) is 9.90. The molecule has 0 saturated carbocycles. The molecule has 0 radical (unpaired) electrons. The van der Waals surface area contributed by atoms with Gasteiger partial charge in [-0.1, -0.05) is 6.92 Å². The number of hydrogen-bond acceptors (Lipinski definition) is 4. The Kier molecular flexibility index (Phi) is 3.22. The maximum Gasteiger partial charge on any atom is 0.238 e.